The first-order valence-corrected chi connectivity index (χ1v) is 10.3. The van der Waals surface area contributed by atoms with E-state index in [4.69, 9.17) is 9.47 Å². The molecule has 0 aromatic heterocycles. The number of carbonyl (C=O) groups is 1. The van der Waals surface area contributed by atoms with Crippen molar-refractivity contribution >= 4 is 21.6 Å². The van der Waals surface area contributed by atoms with E-state index in [1.165, 1.54) is 4.31 Å². The highest BCUT2D eigenvalue weighted by atomic mass is 32.2. The van der Waals surface area contributed by atoms with Gasteiger partial charge in [-0.1, -0.05) is 13.3 Å². The molecule has 0 saturated carbocycles. The number of carbonyl (C=O) groups excluding carboxylic acids is 1. The van der Waals surface area contributed by atoms with Crippen LogP contribution in [0.5, 0.6) is 11.5 Å². The maximum absolute atomic E-state index is 12.1. The van der Waals surface area contributed by atoms with E-state index in [2.05, 4.69) is 12.2 Å². The van der Waals surface area contributed by atoms with Crippen molar-refractivity contribution in [2.24, 2.45) is 0 Å². The molecule has 8 heteroatoms. The van der Waals surface area contributed by atoms with Crippen LogP contribution in [0.15, 0.2) is 18.2 Å². The smallest absolute Gasteiger partial charge is 0.232 e. The topological polar surface area (TPSA) is 84.9 Å². The molecule has 2 rings (SSSR count). The molecule has 0 saturated heterocycles. The van der Waals surface area contributed by atoms with Gasteiger partial charge in [-0.3, -0.25) is 9.10 Å². The molecule has 1 amide bonds. The van der Waals surface area contributed by atoms with Gasteiger partial charge in [0.15, 0.2) is 11.5 Å². The van der Waals surface area contributed by atoms with Crippen molar-refractivity contribution in [1.82, 2.24) is 5.32 Å². The molecule has 1 aromatic carbocycles. The van der Waals surface area contributed by atoms with Crippen LogP contribution in [-0.2, 0) is 14.8 Å². The van der Waals surface area contributed by atoms with Gasteiger partial charge in [0.25, 0.3) is 0 Å². The van der Waals surface area contributed by atoms with Crippen molar-refractivity contribution in [3.05, 3.63) is 18.2 Å². The Morgan fingerprint density at radius 2 is 2.04 bits per heavy atom. The number of hydrogen-bond donors (Lipinski definition) is 1. The molecule has 1 N–H and O–H groups in total. The van der Waals surface area contributed by atoms with Crippen LogP contribution in [-0.4, -0.2) is 40.0 Å². The van der Waals surface area contributed by atoms with E-state index in [1.54, 1.807) is 18.2 Å². The van der Waals surface area contributed by atoms with Crippen LogP contribution in [0.3, 0.4) is 0 Å². The molecule has 1 atom stereocenters. The van der Waals surface area contributed by atoms with E-state index >= 15 is 0 Å². The Bertz CT molecular complexity index is 705. The SMILES string of the molecule is CCC[C@H](C)NC(=O)CCCN(c1ccc2c(c1)OCO2)S(C)(=O)=O. The molecule has 0 bridgehead atoms. The summed E-state index contributed by atoms with van der Waals surface area (Å²) in [6.07, 6.45) is 3.81. The molecule has 1 aliphatic heterocycles. The molecular weight excluding hydrogens is 344 g/mol. The fraction of sp³-hybridized carbons (Fsp3) is 0.588. The minimum Gasteiger partial charge on any atom is -0.454 e. The van der Waals surface area contributed by atoms with Gasteiger partial charge in [-0.25, -0.2) is 8.42 Å². The standard InChI is InChI=1S/C17H26N2O5S/c1-4-6-13(2)18-17(20)7-5-10-19(25(3,21)22)14-8-9-15-16(11-14)24-12-23-15/h8-9,11,13H,4-7,10,12H2,1-3H3,(H,18,20)/t13-/m0/s1. The molecule has 7 nitrogen and oxygen atoms in total. The Morgan fingerprint density at radius 1 is 1.32 bits per heavy atom. The Labute approximate surface area is 149 Å². The number of ether oxygens (including phenoxy) is 2. The summed E-state index contributed by atoms with van der Waals surface area (Å²) < 4.78 is 36.1. The van der Waals surface area contributed by atoms with E-state index in [0.29, 0.717) is 23.6 Å². The molecule has 1 aliphatic rings. The highest BCUT2D eigenvalue weighted by Gasteiger charge is 2.21. The van der Waals surface area contributed by atoms with Crippen molar-refractivity contribution < 1.29 is 22.7 Å². The third-order valence-corrected chi connectivity index (χ3v) is 5.13. The lowest BCUT2D eigenvalue weighted by atomic mass is 10.2. The van der Waals surface area contributed by atoms with E-state index in [-0.39, 0.29) is 31.7 Å². The Hall–Kier alpha value is -1.96. The Balaban J connectivity index is 1.97. The fourth-order valence-corrected chi connectivity index (χ4v) is 3.72. The quantitative estimate of drug-likeness (QED) is 0.721. The van der Waals surface area contributed by atoms with Crippen LogP contribution in [0.2, 0.25) is 0 Å². The number of anilines is 1. The van der Waals surface area contributed by atoms with Crippen molar-refractivity contribution in [1.29, 1.82) is 0 Å². The van der Waals surface area contributed by atoms with Crippen LogP contribution < -0.4 is 19.1 Å². The predicted octanol–water partition coefficient (Wildman–Crippen LogP) is 2.27. The van der Waals surface area contributed by atoms with Gasteiger partial charge >= 0.3 is 0 Å². The maximum atomic E-state index is 12.1. The van der Waals surface area contributed by atoms with Gasteiger partial charge in [0, 0.05) is 25.1 Å². The Kier molecular flexibility index (Phi) is 6.52. The van der Waals surface area contributed by atoms with E-state index < -0.39 is 10.0 Å². The largest absolute Gasteiger partial charge is 0.454 e. The summed E-state index contributed by atoms with van der Waals surface area (Å²) >= 11 is 0. The molecule has 0 spiro atoms. The lowest BCUT2D eigenvalue weighted by Crippen LogP contribution is -2.34. The molecule has 1 aromatic rings. The second-order valence-corrected chi connectivity index (χ2v) is 8.14. The maximum Gasteiger partial charge on any atom is 0.232 e. The van der Waals surface area contributed by atoms with Crippen LogP contribution >= 0.6 is 0 Å². The first kappa shape index (κ1) is 19.4. The number of hydrogen-bond acceptors (Lipinski definition) is 5. The molecule has 140 valence electrons. The minimum atomic E-state index is -3.46. The molecule has 0 unspecified atom stereocenters. The van der Waals surface area contributed by atoms with E-state index in [9.17, 15) is 13.2 Å². The number of benzene rings is 1. The molecule has 0 aliphatic carbocycles. The van der Waals surface area contributed by atoms with Gasteiger partial charge in [0.1, 0.15) is 0 Å². The van der Waals surface area contributed by atoms with Crippen molar-refractivity contribution in [3.8, 4) is 11.5 Å². The molecule has 1 heterocycles. The summed E-state index contributed by atoms with van der Waals surface area (Å²) in [7, 11) is -3.46. The first-order chi connectivity index (χ1) is 11.8. The van der Waals surface area contributed by atoms with E-state index in [1.807, 2.05) is 6.92 Å². The predicted molar refractivity (Wildman–Crippen MR) is 96.5 cm³/mol. The van der Waals surface area contributed by atoms with Gasteiger partial charge in [-0.15, -0.1) is 0 Å². The van der Waals surface area contributed by atoms with Crippen LogP contribution in [0.4, 0.5) is 5.69 Å². The van der Waals surface area contributed by atoms with Crippen LogP contribution in [0, 0.1) is 0 Å². The number of rotatable bonds is 9. The monoisotopic (exact) mass is 370 g/mol. The number of nitrogens with one attached hydrogen (secondary N) is 1. The summed E-state index contributed by atoms with van der Waals surface area (Å²) in [6, 6.07) is 5.15. The number of amides is 1. The number of sulfonamides is 1. The normalized spacial score (nSPS) is 14.2. The lowest BCUT2D eigenvalue weighted by molar-refractivity contribution is -0.121. The zero-order chi connectivity index (χ0) is 18.4. The zero-order valence-corrected chi connectivity index (χ0v) is 15.8. The van der Waals surface area contributed by atoms with Crippen molar-refractivity contribution in [3.63, 3.8) is 0 Å². The number of fused-ring (bicyclic) bond motifs is 1. The fourth-order valence-electron chi connectivity index (χ4n) is 2.76. The Morgan fingerprint density at radius 3 is 2.72 bits per heavy atom. The number of nitrogens with zero attached hydrogens (tertiary/aromatic N) is 1. The van der Waals surface area contributed by atoms with Crippen LogP contribution in [0.25, 0.3) is 0 Å². The third-order valence-electron chi connectivity index (χ3n) is 3.94. The molecule has 0 radical (unpaired) electrons. The third kappa shape index (κ3) is 5.52. The van der Waals surface area contributed by atoms with Gasteiger partial charge in [0.05, 0.1) is 11.9 Å². The van der Waals surface area contributed by atoms with Crippen LogP contribution in [0.1, 0.15) is 39.5 Å². The lowest BCUT2D eigenvalue weighted by Gasteiger charge is -2.22. The van der Waals surface area contributed by atoms with Gasteiger partial charge in [0.2, 0.25) is 22.7 Å². The summed E-state index contributed by atoms with van der Waals surface area (Å²) in [5, 5.41) is 2.92. The summed E-state index contributed by atoms with van der Waals surface area (Å²) in [6.45, 7) is 4.40. The summed E-state index contributed by atoms with van der Waals surface area (Å²) in [5.74, 6) is 1.07. The highest BCUT2D eigenvalue weighted by molar-refractivity contribution is 7.92. The highest BCUT2D eigenvalue weighted by Crippen LogP contribution is 2.36. The second kappa shape index (κ2) is 8.42. The molecule has 0 fully saturated rings. The van der Waals surface area contributed by atoms with Gasteiger partial charge in [-0.05, 0) is 31.9 Å². The summed E-state index contributed by atoms with van der Waals surface area (Å²) in [5.41, 5.74) is 0.506. The van der Waals surface area contributed by atoms with Gasteiger partial charge < -0.3 is 14.8 Å². The van der Waals surface area contributed by atoms with Crippen molar-refractivity contribution in [2.45, 2.75) is 45.6 Å². The average Bonchev–Trinajstić information content (AvgIpc) is 2.98. The average molecular weight is 370 g/mol. The van der Waals surface area contributed by atoms with Crippen molar-refractivity contribution in [2.75, 3.05) is 23.9 Å². The molecule has 25 heavy (non-hydrogen) atoms. The molecular formula is C17H26N2O5S. The minimum absolute atomic E-state index is 0.0555. The van der Waals surface area contributed by atoms with Gasteiger partial charge in [-0.2, -0.15) is 0 Å². The second-order valence-electron chi connectivity index (χ2n) is 6.23. The van der Waals surface area contributed by atoms with E-state index in [0.717, 1.165) is 19.1 Å². The first-order valence-electron chi connectivity index (χ1n) is 8.48. The zero-order valence-electron chi connectivity index (χ0n) is 14.9. The summed E-state index contributed by atoms with van der Waals surface area (Å²) in [4.78, 5) is 11.9.